The molecule has 0 amide bonds. The molecule has 3 aromatic rings. The minimum atomic E-state index is -0.488. The molecule has 132 valence electrons. The first kappa shape index (κ1) is 17.2. The lowest BCUT2D eigenvalue weighted by Crippen LogP contribution is -2.31. The number of hydrogen-bond acceptors (Lipinski definition) is 5. The van der Waals surface area contributed by atoms with Crippen molar-refractivity contribution in [3.8, 4) is 5.75 Å². The second-order valence-electron chi connectivity index (χ2n) is 5.50. The number of benzene rings is 2. The third-order valence-corrected chi connectivity index (χ3v) is 3.73. The minimum Gasteiger partial charge on any atom is -0.497 e. The topological polar surface area (TPSA) is 88.5 Å². The standard InChI is InChI=1S/C19H18N4O3/c1-26-16-9-7-14(8-10-16)17(22-21-15-5-3-2-4-6-15)13-23-12-11-18(24)20-19(23)25/h2-12,21H,13H2,1H3,(H,20,24,25)/b22-17-. The second-order valence-corrected chi connectivity index (χ2v) is 5.50. The molecule has 0 unspecified atom stereocenters. The van der Waals surface area contributed by atoms with Gasteiger partial charge in [0.05, 0.1) is 25.1 Å². The van der Waals surface area contributed by atoms with Gasteiger partial charge in [-0.3, -0.25) is 19.8 Å². The number of hydrogen-bond donors (Lipinski definition) is 2. The first-order valence-electron chi connectivity index (χ1n) is 7.97. The lowest BCUT2D eigenvalue weighted by Gasteiger charge is -2.10. The molecule has 0 spiro atoms. The van der Waals surface area contributed by atoms with E-state index in [1.165, 1.54) is 16.8 Å². The van der Waals surface area contributed by atoms with Crippen molar-refractivity contribution < 1.29 is 4.74 Å². The number of aromatic amines is 1. The molecule has 3 rings (SSSR count). The molecular weight excluding hydrogens is 332 g/mol. The summed E-state index contributed by atoms with van der Waals surface area (Å²) in [5.41, 5.74) is 4.35. The Morgan fingerprint density at radius 2 is 1.81 bits per heavy atom. The first-order valence-corrected chi connectivity index (χ1v) is 7.97. The highest BCUT2D eigenvalue weighted by Crippen LogP contribution is 2.13. The number of nitrogens with zero attached hydrogens (tertiary/aromatic N) is 2. The highest BCUT2D eigenvalue weighted by molar-refractivity contribution is 6.00. The Balaban J connectivity index is 1.94. The highest BCUT2D eigenvalue weighted by atomic mass is 16.5. The molecule has 2 aromatic carbocycles. The van der Waals surface area contributed by atoms with Crippen LogP contribution in [-0.4, -0.2) is 22.4 Å². The van der Waals surface area contributed by atoms with E-state index in [-0.39, 0.29) is 6.54 Å². The Labute approximate surface area is 149 Å². The summed E-state index contributed by atoms with van der Waals surface area (Å²) in [7, 11) is 1.60. The van der Waals surface area contributed by atoms with Crippen molar-refractivity contribution in [1.82, 2.24) is 9.55 Å². The molecule has 0 aliphatic rings. The van der Waals surface area contributed by atoms with Gasteiger partial charge < -0.3 is 4.74 Å². The van der Waals surface area contributed by atoms with Crippen molar-refractivity contribution in [3.63, 3.8) is 0 Å². The average molecular weight is 350 g/mol. The van der Waals surface area contributed by atoms with E-state index in [1.54, 1.807) is 7.11 Å². The molecule has 0 saturated heterocycles. The van der Waals surface area contributed by atoms with Crippen LogP contribution in [0.3, 0.4) is 0 Å². The maximum atomic E-state index is 12.0. The van der Waals surface area contributed by atoms with Crippen LogP contribution < -0.4 is 21.4 Å². The van der Waals surface area contributed by atoms with E-state index in [9.17, 15) is 9.59 Å². The quantitative estimate of drug-likeness (QED) is 0.526. The second kappa shape index (κ2) is 7.98. The van der Waals surface area contributed by atoms with Crippen molar-refractivity contribution in [2.24, 2.45) is 5.10 Å². The fourth-order valence-electron chi connectivity index (χ4n) is 2.35. The fourth-order valence-corrected chi connectivity index (χ4v) is 2.35. The number of hydrazone groups is 1. The monoisotopic (exact) mass is 350 g/mol. The summed E-state index contributed by atoms with van der Waals surface area (Å²) in [6.07, 6.45) is 1.45. The Hall–Kier alpha value is -3.61. The predicted molar refractivity (Wildman–Crippen MR) is 101 cm³/mol. The van der Waals surface area contributed by atoms with Crippen LogP contribution in [0.1, 0.15) is 5.56 Å². The Morgan fingerprint density at radius 3 is 2.46 bits per heavy atom. The van der Waals surface area contributed by atoms with Crippen molar-refractivity contribution in [1.29, 1.82) is 0 Å². The van der Waals surface area contributed by atoms with E-state index in [0.29, 0.717) is 5.71 Å². The normalized spacial score (nSPS) is 11.2. The molecule has 7 heteroatoms. The molecule has 0 saturated carbocycles. The van der Waals surface area contributed by atoms with Crippen molar-refractivity contribution in [2.45, 2.75) is 6.54 Å². The molecule has 1 heterocycles. The zero-order valence-corrected chi connectivity index (χ0v) is 14.2. The third-order valence-electron chi connectivity index (χ3n) is 3.73. The molecule has 0 aliphatic heterocycles. The number of methoxy groups -OCH3 is 1. The van der Waals surface area contributed by atoms with E-state index in [4.69, 9.17) is 4.74 Å². The van der Waals surface area contributed by atoms with Crippen LogP contribution in [0.2, 0.25) is 0 Å². The SMILES string of the molecule is COc1ccc(/C(Cn2ccc(=O)[nH]c2=O)=N\Nc2ccccc2)cc1. The van der Waals surface area contributed by atoms with Crippen LogP contribution >= 0.6 is 0 Å². The molecule has 2 N–H and O–H groups in total. The number of anilines is 1. The van der Waals surface area contributed by atoms with Gasteiger partial charge in [0.1, 0.15) is 5.75 Å². The largest absolute Gasteiger partial charge is 0.497 e. The van der Waals surface area contributed by atoms with Crippen molar-refractivity contribution >= 4 is 11.4 Å². The number of H-pyrrole nitrogens is 1. The Bertz CT molecular complexity index is 1010. The number of para-hydroxylation sites is 1. The highest BCUT2D eigenvalue weighted by Gasteiger charge is 2.08. The fraction of sp³-hybridized carbons (Fsp3) is 0.105. The number of aromatic nitrogens is 2. The van der Waals surface area contributed by atoms with E-state index in [0.717, 1.165) is 17.0 Å². The summed E-state index contributed by atoms with van der Waals surface area (Å²) in [6.45, 7) is 0.196. The first-order chi connectivity index (χ1) is 12.7. The molecule has 26 heavy (non-hydrogen) atoms. The van der Waals surface area contributed by atoms with Crippen molar-refractivity contribution in [3.05, 3.63) is 93.3 Å². The van der Waals surface area contributed by atoms with Gasteiger partial charge in [-0.2, -0.15) is 5.10 Å². The van der Waals surface area contributed by atoms with Crippen LogP contribution in [0.25, 0.3) is 0 Å². The van der Waals surface area contributed by atoms with Gasteiger partial charge in [-0.25, -0.2) is 4.79 Å². The van der Waals surface area contributed by atoms with E-state index >= 15 is 0 Å². The lowest BCUT2D eigenvalue weighted by atomic mass is 10.1. The number of nitrogens with one attached hydrogen (secondary N) is 2. The van der Waals surface area contributed by atoms with Crippen LogP contribution in [0.4, 0.5) is 5.69 Å². The Morgan fingerprint density at radius 1 is 1.08 bits per heavy atom. The van der Waals surface area contributed by atoms with Gasteiger partial charge in [0, 0.05) is 12.3 Å². The molecule has 1 aromatic heterocycles. The van der Waals surface area contributed by atoms with Crippen LogP contribution in [0.5, 0.6) is 5.75 Å². The lowest BCUT2D eigenvalue weighted by molar-refractivity contribution is 0.415. The van der Waals surface area contributed by atoms with Gasteiger partial charge in [-0.05, 0) is 42.0 Å². The predicted octanol–water partition coefficient (Wildman–Crippen LogP) is 2.06. The van der Waals surface area contributed by atoms with Crippen LogP contribution in [-0.2, 0) is 6.54 Å². The van der Waals surface area contributed by atoms with E-state index in [2.05, 4.69) is 15.5 Å². The molecule has 0 radical (unpaired) electrons. The maximum absolute atomic E-state index is 12.0. The summed E-state index contributed by atoms with van der Waals surface area (Å²) >= 11 is 0. The van der Waals surface area contributed by atoms with Gasteiger partial charge in [0.2, 0.25) is 0 Å². The van der Waals surface area contributed by atoms with Gasteiger partial charge >= 0.3 is 5.69 Å². The average Bonchev–Trinajstić information content (AvgIpc) is 2.67. The van der Waals surface area contributed by atoms with Gasteiger partial charge in [0.25, 0.3) is 5.56 Å². The zero-order valence-electron chi connectivity index (χ0n) is 14.2. The van der Waals surface area contributed by atoms with E-state index in [1.807, 2.05) is 54.6 Å². The third kappa shape index (κ3) is 4.27. The summed E-state index contributed by atoms with van der Waals surface area (Å²) in [5.74, 6) is 0.727. The molecule has 0 bridgehead atoms. The smallest absolute Gasteiger partial charge is 0.328 e. The summed E-state index contributed by atoms with van der Waals surface area (Å²) < 4.78 is 6.56. The summed E-state index contributed by atoms with van der Waals surface area (Å²) in [6, 6.07) is 18.2. The van der Waals surface area contributed by atoms with Crippen LogP contribution in [0.15, 0.2) is 81.6 Å². The summed E-state index contributed by atoms with van der Waals surface area (Å²) in [4.78, 5) is 25.5. The molecular formula is C19H18N4O3. The van der Waals surface area contributed by atoms with E-state index < -0.39 is 11.2 Å². The minimum absolute atomic E-state index is 0.196. The molecule has 0 aliphatic carbocycles. The van der Waals surface area contributed by atoms with Crippen LogP contribution in [0, 0.1) is 0 Å². The maximum Gasteiger partial charge on any atom is 0.328 e. The molecule has 0 atom stereocenters. The van der Waals surface area contributed by atoms with Gasteiger partial charge in [0.15, 0.2) is 0 Å². The summed E-state index contributed by atoms with van der Waals surface area (Å²) in [5, 5.41) is 4.45. The molecule has 7 nitrogen and oxygen atoms in total. The van der Waals surface area contributed by atoms with Crippen molar-refractivity contribution in [2.75, 3.05) is 12.5 Å². The van der Waals surface area contributed by atoms with Gasteiger partial charge in [-0.1, -0.05) is 18.2 Å². The number of rotatable bonds is 6. The Kier molecular flexibility index (Phi) is 5.28. The zero-order chi connectivity index (χ0) is 18.4. The van der Waals surface area contributed by atoms with Gasteiger partial charge in [-0.15, -0.1) is 0 Å². The number of ether oxygens (including phenoxy) is 1. The molecule has 0 fully saturated rings.